The molecule has 1 aliphatic heterocycles. The van der Waals surface area contributed by atoms with Gasteiger partial charge in [0.1, 0.15) is 0 Å². The number of nitrogens with one attached hydrogen (secondary N) is 2. The Kier molecular flexibility index (Phi) is 6.52. The van der Waals surface area contributed by atoms with Crippen molar-refractivity contribution in [2.45, 2.75) is 12.8 Å². The summed E-state index contributed by atoms with van der Waals surface area (Å²) in [6.07, 6.45) is 2.11. The molecule has 0 bridgehead atoms. The van der Waals surface area contributed by atoms with Crippen LogP contribution in [-0.2, 0) is 0 Å². The predicted molar refractivity (Wildman–Crippen MR) is 91.3 cm³/mol. The molecule has 1 aromatic rings. The summed E-state index contributed by atoms with van der Waals surface area (Å²) in [6, 6.07) is 10.4. The molecule has 122 valence electrons. The SMILES string of the molecule is CN(C)CCCNC(=O)NCC1CCN(c2ccccc2)C1. The number of para-hydroxylation sites is 1. The Hall–Kier alpha value is -1.75. The molecule has 0 saturated carbocycles. The smallest absolute Gasteiger partial charge is 0.314 e. The number of amides is 2. The standard InChI is InChI=1S/C17H28N4O/c1-20(2)11-6-10-18-17(22)19-13-15-9-12-21(14-15)16-7-4-3-5-8-16/h3-5,7-8,15H,6,9-14H2,1-2H3,(H2,18,19,22). The van der Waals surface area contributed by atoms with Gasteiger partial charge in [0.05, 0.1) is 0 Å². The first-order valence-corrected chi connectivity index (χ1v) is 8.11. The second-order valence-electron chi connectivity index (χ2n) is 6.23. The van der Waals surface area contributed by atoms with Crippen LogP contribution in [0.4, 0.5) is 10.5 Å². The van der Waals surface area contributed by atoms with Gasteiger partial charge >= 0.3 is 6.03 Å². The van der Waals surface area contributed by atoms with E-state index in [-0.39, 0.29) is 6.03 Å². The fraction of sp³-hybridized carbons (Fsp3) is 0.588. The molecule has 0 aliphatic carbocycles. The summed E-state index contributed by atoms with van der Waals surface area (Å²) in [7, 11) is 4.08. The molecule has 22 heavy (non-hydrogen) atoms. The van der Waals surface area contributed by atoms with Crippen LogP contribution in [-0.4, -0.2) is 57.8 Å². The highest BCUT2D eigenvalue weighted by Crippen LogP contribution is 2.22. The summed E-state index contributed by atoms with van der Waals surface area (Å²) >= 11 is 0. The largest absolute Gasteiger partial charge is 0.371 e. The fourth-order valence-corrected chi connectivity index (χ4v) is 2.77. The van der Waals surface area contributed by atoms with Gasteiger partial charge in [0, 0.05) is 31.9 Å². The molecule has 1 fully saturated rings. The highest BCUT2D eigenvalue weighted by molar-refractivity contribution is 5.73. The fourth-order valence-electron chi connectivity index (χ4n) is 2.77. The lowest BCUT2D eigenvalue weighted by molar-refractivity contribution is 0.238. The zero-order chi connectivity index (χ0) is 15.8. The molecule has 1 unspecified atom stereocenters. The van der Waals surface area contributed by atoms with E-state index in [4.69, 9.17) is 0 Å². The Morgan fingerprint density at radius 1 is 1.27 bits per heavy atom. The monoisotopic (exact) mass is 304 g/mol. The Labute approximate surface area is 133 Å². The lowest BCUT2D eigenvalue weighted by atomic mass is 10.1. The maximum absolute atomic E-state index is 11.7. The summed E-state index contributed by atoms with van der Waals surface area (Å²) < 4.78 is 0. The first-order valence-electron chi connectivity index (χ1n) is 8.11. The summed E-state index contributed by atoms with van der Waals surface area (Å²) in [4.78, 5) is 16.3. The Morgan fingerprint density at radius 2 is 2.05 bits per heavy atom. The highest BCUT2D eigenvalue weighted by Gasteiger charge is 2.22. The molecule has 2 rings (SSSR count). The average Bonchev–Trinajstić information content (AvgIpc) is 2.99. The van der Waals surface area contributed by atoms with Crippen LogP contribution in [0, 0.1) is 5.92 Å². The third kappa shape index (κ3) is 5.56. The second kappa shape index (κ2) is 8.63. The quantitative estimate of drug-likeness (QED) is 0.755. The van der Waals surface area contributed by atoms with E-state index in [1.807, 2.05) is 20.2 Å². The molecule has 0 aromatic heterocycles. The van der Waals surface area contributed by atoms with Crippen molar-refractivity contribution in [2.75, 3.05) is 51.7 Å². The van der Waals surface area contributed by atoms with Gasteiger partial charge in [0.25, 0.3) is 0 Å². The Bertz CT molecular complexity index is 449. The topological polar surface area (TPSA) is 47.6 Å². The minimum atomic E-state index is -0.0445. The van der Waals surface area contributed by atoms with E-state index in [2.05, 4.69) is 44.7 Å². The third-order valence-corrected chi connectivity index (χ3v) is 4.03. The number of benzene rings is 1. The lowest BCUT2D eigenvalue weighted by Gasteiger charge is -2.18. The van der Waals surface area contributed by atoms with Gasteiger partial charge < -0.3 is 20.4 Å². The zero-order valence-corrected chi connectivity index (χ0v) is 13.7. The summed E-state index contributed by atoms with van der Waals surface area (Å²) in [5, 5.41) is 5.91. The summed E-state index contributed by atoms with van der Waals surface area (Å²) in [5.41, 5.74) is 1.28. The summed E-state index contributed by atoms with van der Waals surface area (Å²) in [6.45, 7) is 4.56. The molecule has 1 heterocycles. The molecular weight excluding hydrogens is 276 g/mol. The molecular formula is C17H28N4O. The van der Waals surface area contributed by atoms with Gasteiger partial charge in [0.15, 0.2) is 0 Å². The molecule has 1 atom stereocenters. The van der Waals surface area contributed by atoms with Crippen molar-refractivity contribution < 1.29 is 4.79 Å². The number of hydrogen-bond donors (Lipinski definition) is 2. The minimum Gasteiger partial charge on any atom is -0.371 e. The lowest BCUT2D eigenvalue weighted by Crippen LogP contribution is -2.39. The van der Waals surface area contributed by atoms with E-state index in [1.165, 1.54) is 5.69 Å². The first-order chi connectivity index (χ1) is 10.6. The van der Waals surface area contributed by atoms with Crippen molar-refractivity contribution in [3.05, 3.63) is 30.3 Å². The van der Waals surface area contributed by atoms with Crippen molar-refractivity contribution in [3.63, 3.8) is 0 Å². The van der Waals surface area contributed by atoms with Crippen LogP contribution >= 0.6 is 0 Å². The normalized spacial score (nSPS) is 17.8. The van der Waals surface area contributed by atoms with Gasteiger partial charge in [-0.05, 0) is 51.5 Å². The van der Waals surface area contributed by atoms with Crippen LogP contribution in [0.3, 0.4) is 0 Å². The number of carbonyl (C=O) groups is 1. The van der Waals surface area contributed by atoms with Gasteiger partial charge in [-0.3, -0.25) is 0 Å². The van der Waals surface area contributed by atoms with E-state index in [1.54, 1.807) is 0 Å². The van der Waals surface area contributed by atoms with Crippen molar-refractivity contribution in [1.82, 2.24) is 15.5 Å². The van der Waals surface area contributed by atoms with Crippen LogP contribution in [0.5, 0.6) is 0 Å². The number of rotatable bonds is 7. The molecule has 0 spiro atoms. The molecule has 1 aromatic carbocycles. The second-order valence-corrected chi connectivity index (χ2v) is 6.23. The zero-order valence-electron chi connectivity index (χ0n) is 13.7. The number of anilines is 1. The average molecular weight is 304 g/mol. The van der Waals surface area contributed by atoms with Gasteiger partial charge in [-0.15, -0.1) is 0 Å². The Morgan fingerprint density at radius 3 is 2.77 bits per heavy atom. The molecule has 5 nitrogen and oxygen atoms in total. The molecule has 1 aliphatic rings. The Balaban J connectivity index is 1.61. The summed E-state index contributed by atoms with van der Waals surface area (Å²) in [5.74, 6) is 0.535. The van der Waals surface area contributed by atoms with Crippen molar-refractivity contribution in [1.29, 1.82) is 0 Å². The van der Waals surface area contributed by atoms with Crippen LogP contribution < -0.4 is 15.5 Å². The van der Waals surface area contributed by atoms with Crippen LogP contribution in [0.25, 0.3) is 0 Å². The van der Waals surface area contributed by atoms with Crippen molar-refractivity contribution in [3.8, 4) is 0 Å². The molecule has 0 radical (unpaired) electrons. The van der Waals surface area contributed by atoms with E-state index in [0.29, 0.717) is 5.92 Å². The molecule has 2 amide bonds. The number of nitrogens with zero attached hydrogens (tertiary/aromatic N) is 2. The number of urea groups is 1. The highest BCUT2D eigenvalue weighted by atomic mass is 16.2. The molecule has 1 saturated heterocycles. The van der Waals surface area contributed by atoms with Gasteiger partial charge in [0.2, 0.25) is 0 Å². The maximum Gasteiger partial charge on any atom is 0.314 e. The van der Waals surface area contributed by atoms with E-state index < -0.39 is 0 Å². The molecule has 2 N–H and O–H groups in total. The van der Waals surface area contributed by atoms with Gasteiger partial charge in [-0.2, -0.15) is 0 Å². The number of carbonyl (C=O) groups excluding carboxylic acids is 1. The van der Waals surface area contributed by atoms with Gasteiger partial charge in [-0.25, -0.2) is 4.79 Å². The van der Waals surface area contributed by atoms with E-state index in [9.17, 15) is 4.79 Å². The first kappa shape index (κ1) is 16.6. The van der Waals surface area contributed by atoms with Gasteiger partial charge in [-0.1, -0.05) is 18.2 Å². The molecule has 5 heteroatoms. The van der Waals surface area contributed by atoms with Crippen LogP contribution in [0.2, 0.25) is 0 Å². The third-order valence-electron chi connectivity index (χ3n) is 4.03. The van der Waals surface area contributed by atoms with E-state index in [0.717, 1.165) is 45.6 Å². The predicted octanol–water partition coefficient (Wildman–Crippen LogP) is 1.76. The van der Waals surface area contributed by atoms with Crippen molar-refractivity contribution in [2.24, 2.45) is 5.92 Å². The minimum absolute atomic E-state index is 0.0445. The van der Waals surface area contributed by atoms with Crippen LogP contribution in [0.1, 0.15) is 12.8 Å². The van der Waals surface area contributed by atoms with E-state index >= 15 is 0 Å². The van der Waals surface area contributed by atoms with Crippen LogP contribution in [0.15, 0.2) is 30.3 Å². The maximum atomic E-state index is 11.7. The van der Waals surface area contributed by atoms with Crippen molar-refractivity contribution >= 4 is 11.7 Å². The number of hydrogen-bond acceptors (Lipinski definition) is 3.